The molecule has 0 bridgehead atoms. The van der Waals surface area contributed by atoms with E-state index >= 15 is 0 Å². The van der Waals surface area contributed by atoms with Crippen molar-refractivity contribution in [3.05, 3.63) is 77.9 Å². The van der Waals surface area contributed by atoms with Crippen LogP contribution in [0, 0.1) is 12.7 Å². The number of pyridine rings is 1. The van der Waals surface area contributed by atoms with Gasteiger partial charge in [-0.1, -0.05) is 12.1 Å². The van der Waals surface area contributed by atoms with Crippen molar-refractivity contribution in [1.82, 2.24) is 15.0 Å². The number of aromatic nitrogens is 3. The number of ether oxygens (including phenoxy) is 2. The van der Waals surface area contributed by atoms with Gasteiger partial charge < -0.3 is 20.1 Å². The molecule has 0 unspecified atom stereocenters. The quantitative estimate of drug-likeness (QED) is 0.365. The van der Waals surface area contributed by atoms with Crippen LogP contribution in [0.25, 0.3) is 10.9 Å². The lowest BCUT2D eigenvalue weighted by molar-refractivity contribution is 0.210. The lowest BCUT2D eigenvalue weighted by atomic mass is 10.1. The van der Waals surface area contributed by atoms with Crippen LogP contribution < -0.4 is 15.4 Å². The van der Waals surface area contributed by atoms with E-state index in [0.717, 1.165) is 33.6 Å². The maximum absolute atomic E-state index is 13.4. The van der Waals surface area contributed by atoms with Gasteiger partial charge in [0.05, 0.1) is 12.1 Å². The third-order valence-electron chi connectivity index (χ3n) is 4.79. The van der Waals surface area contributed by atoms with E-state index < -0.39 is 0 Å². The minimum Gasteiger partial charge on any atom is -0.488 e. The second-order valence-corrected chi connectivity index (χ2v) is 7.27. The van der Waals surface area contributed by atoms with Crippen molar-refractivity contribution in [2.24, 2.45) is 0 Å². The molecule has 0 amide bonds. The van der Waals surface area contributed by atoms with E-state index in [0.29, 0.717) is 31.4 Å². The summed E-state index contributed by atoms with van der Waals surface area (Å²) in [7, 11) is 1.66. The van der Waals surface area contributed by atoms with Crippen LogP contribution >= 0.6 is 0 Å². The van der Waals surface area contributed by atoms with Crippen molar-refractivity contribution in [1.29, 1.82) is 0 Å². The van der Waals surface area contributed by atoms with Gasteiger partial charge in [0, 0.05) is 48.8 Å². The number of nitrogens with one attached hydrogen (secondary N) is 2. The Morgan fingerprint density at radius 2 is 1.94 bits per heavy atom. The van der Waals surface area contributed by atoms with Crippen molar-refractivity contribution in [3.8, 4) is 5.75 Å². The summed E-state index contributed by atoms with van der Waals surface area (Å²) in [4.78, 5) is 13.3. The molecule has 0 aliphatic heterocycles. The van der Waals surface area contributed by atoms with Crippen LogP contribution in [0.1, 0.15) is 11.1 Å². The highest BCUT2D eigenvalue weighted by Crippen LogP contribution is 2.26. The van der Waals surface area contributed by atoms with Gasteiger partial charge in [0.2, 0.25) is 5.95 Å². The number of rotatable bonds is 9. The molecule has 164 valence electrons. The third-order valence-corrected chi connectivity index (χ3v) is 4.79. The summed E-state index contributed by atoms with van der Waals surface area (Å²) < 4.78 is 24.5. The van der Waals surface area contributed by atoms with Gasteiger partial charge in [-0.3, -0.25) is 0 Å². The Bertz CT molecular complexity index is 1200. The highest BCUT2D eigenvalue weighted by atomic mass is 19.1. The van der Waals surface area contributed by atoms with E-state index in [1.807, 2.05) is 31.2 Å². The molecule has 0 fully saturated rings. The number of methoxy groups -OCH3 is 1. The van der Waals surface area contributed by atoms with Crippen molar-refractivity contribution in [2.45, 2.75) is 13.5 Å². The van der Waals surface area contributed by atoms with Crippen LogP contribution in [-0.4, -0.2) is 35.2 Å². The zero-order valence-corrected chi connectivity index (χ0v) is 17.9. The van der Waals surface area contributed by atoms with Gasteiger partial charge in [-0.15, -0.1) is 0 Å². The Morgan fingerprint density at radius 3 is 2.72 bits per heavy atom. The van der Waals surface area contributed by atoms with Crippen LogP contribution in [0.5, 0.6) is 5.75 Å². The topological polar surface area (TPSA) is 81.2 Å². The predicted molar refractivity (Wildman–Crippen MR) is 123 cm³/mol. The Labute approximate surface area is 185 Å². The summed E-state index contributed by atoms with van der Waals surface area (Å²) in [6.45, 7) is 3.69. The Hall–Kier alpha value is -3.78. The van der Waals surface area contributed by atoms with Gasteiger partial charge in [0.15, 0.2) is 0 Å². The van der Waals surface area contributed by atoms with Crippen LogP contribution in [0.3, 0.4) is 0 Å². The summed E-state index contributed by atoms with van der Waals surface area (Å²) in [6.07, 6.45) is 3.52. The highest BCUT2D eigenvalue weighted by molar-refractivity contribution is 5.81. The van der Waals surface area contributed by atoms with Crippen molar-refractivity contribution >= 4 is 28.4 Å². The zero-order valence-electron chi connectivity index (χ0n) is 17.9. The first-order valence-electron chi connectivity index (χ1n) is 10.2. The molecular formula is C24H24FN5O2. The molecule has 4 rings (SSSR count). The maximum Gasteiger partial charge on any atom is 0.227 e. The van der Waals surface area contributed by atoms with Gasteiger partial charge in [0.25, 0.3) is 0 Å². The first-order valence-corrected chi connectivity index (χ1v) is 10.2. The lowest BCUT2D eigenvalue weighted by Gasteiger charge is -2.12. The molecule has 0 spiro atoms. The van der Waals surface area contributed by atoms with Gasteiger partial charge >= 0.3 is 0 Å². The molecule has 4 aromatic rings. The SMILES string of the molecule is COCCNc1ccc(COc2cc3nc(Nc4cccc(F)c4)ncc3cc2C)cn1. The Balaban J connectivity index is 1.45. The normalized spacial score (nSPS) is 10.8. The number of nitrogens with zero attached hydrogens (tertiary/aromatic N) is 3. The molecule has 2 aromatic carbocycles. The van der Waals surface area contributed by atoms with Crippen molar-refractivity contribution in [2.75, 3.05) is 30.9 Å². The van der Waals surface area contributed by atoms with Crippen LogP contribution in [0.4, 0.5) is 21.8 Å². The molecule has 0 atom stereocenters. The molecule has 32 heavy (non-hydrogen) atoms. The van der Waals surface area contributed by atoms with Crippen molar-refractivity contribution in [3.63, 3.8) is 0 Å². The van der Waals surface area contributed by atoms with E-state index in [1.165, 1.54) is 12.1 Å². The van der Waals surface area contributed by atoms with Gasteiger partial charge in [-0.05, 0) is 42.8 Å². The molecule has 2 aromatic heterocycles. The third kappa shape index (κ3) is 5.47. The smallest absolute Gasteiger partial charge is 0.227 e. The minimum atomic E-state index is -0.324. The average molecular weight is 433 g/mol. The molecular weight excluding hydrogens is 409 g/mol. The van der Waals surface area contributed by atoms with Crippen LogP contribution in [0.15, 0.2) is 60.9 Å². The molecule has 0 aliphatic carbocycles. The highest BCUT2D eigenvalue weighted by Gasteiger charge is 2.08. The zero-order chi connectivity index (χ0) is 22.3. The fourth-order valence-electron chi connectivity index (χ4n) is 3.14. The fourth-order valence-corrected chi connectivity index (χ4v) is 3.14. The summed E-state index contributed by atoms with van der Waals surface area (Å²) in [5.74, 6) is 1.59. The monoisotopic (exact) mass is 433 g/mol. The molecule has 8 heteroatoms. The van der Waals surface area contributed by atoms with E-state index in [1.54, 1.807) is 31.6 Å². The fraction of sp³-hybridized carbons (Fsp3) is 0.208. The summed E-state index contributed by atoms with van der Waals surface area (Å²) in [6, 6.07) is 13.9. The summed E-state index contributed by atoms with van der Waals surface area (Å²) >= 11 is 0. The molecule has 2 heterocycles. The number of benzene rings is 2. The molecule has 2 N–H and O–H groups in total. The van der Waals surface area contributed by atoms with Gasteiger partial charge in [-0.2, -0.15) is 0 Å². The van der Waals surface area contributed by atoms with Gasteiger partial charge in [0.1, 0.15) is 24.0 Å². The molecule has 0 saturated carbocycles. The number of hydrogen-bond acceptors (Lipinski definition) is 7. The summed E-state index contributed by atoms with van der Waals surface area (Å²) in [5, 5.41) is 7.11. The molecule has 0 saturated heterocycles. The Kier molecular flexibility index (Phi) is 6.72. The molecule has 0 aliphatic rings. The summed E-state index contributed by atoms with van der Waals surface area (Å²) in [5.41, 5.74) is 3.26. The van der Waals surface area contributed by atoms with E-state index in [2.05, 4.69) is 25.6 Å². The van der Waals surface area contributed by atoms with Crippen LogP contribution in [0.2, 0.25) is 0 Å². The number of halogens is 1. The van der Waals surface area contributed by atoms with Crippen molar-refractivity contribution < 1.29 is 13.9 Å². The maximum atomic E-state index is 13.4. The first-order chi connectivity index (χ1) is 15.6. The number of fused-ring (bicyclic) bond motifs is 1. The van der Waals surface area contributed by atoms with E-state index in [9.17, 15) is 4.39 Å². The Morgan fingerprint density at radius 1 is 1.03 bits per heavy atom. The molecule has 7 nitrogen and oxygen atoms in total. The second kappa shape index (κ2) is 10.0. The minimum absolute atomic E-state index is 0.324. The lowest BCUT2D eigenvalue weighted by Crippen LogP contribution is -2.08. The first kappa shape index (κ1) is 21.5. The number of aryl methyl sites for hydroxylation is 1. The van der Waals surface area contributed by atoms with E-state index in [-0.39, 0.29) is 5.82 Å². The molecule has 0 radical (unpaired) electrons. The average Bonchev–Trinajstić information content (AvgIpc) is 2.79. The van der Waals surface area contributed by atoms with Crippen LogP contribution in [-0.2, 0) is 11.3 Å². The predicted octanol–water partition coefficient (Wildman–Crippen LogP) is 4.85. The number of anilines is 3. The standard InChI is InChI=1S/C24H24FN5O2/c1-16-10-18-14-28-24(29-20-5-3-4-19(25)11-20)30-21(18)12-22(16)32-15-17-6-7-23(27-13-17)26-8-9-31-2/h3-7,10-14H,8-9,15H2,1-2H3,(H,26,27)(H,28,29,30). The number of hydrogen-bond donors (Lipinski definition) is 2. The van der Waals surface area contributed by atoms with Gasteiger partial charge in [-0.25, -0.2) is 19.3 Å². The second-order valence-electron chi connectivity index (χ2n) is 7.27. The van der Waals surface area contributed by atoms with E-state index in [4.69, 9.17) is 9.47 Å². The largest absolute Gasteiger partial charge is 0.488 e.